The molecule has 0 aromatic heterocycles. The summed E-state index contributed by atoms with van der Waals surface area (Å²) in [4.78, 5) is 0. The fourth-order valence-electron chi connectivity index (χ4n) is 3.14. The summed E-state index contributed by atoms with van der Waals surface area (Å²) in [6.07, 6.45) is 5.23. The molecule has 1 fully saturated rings. The van der Waals surface area contributed by atoms with E-state index >= 15 is 0 Å². The number of thioether (sulfide) groups is 1. The van der Waals surface area contributed by atoms with Crippen LogP contribution in [0.25, 0.3) is 0 Å². The number of rotatable bonds is 5. The standard InChI is InChI=1S/C19H22S/c1-3-8-16(9-4-1)14-18(19-12-7-13-20-19)15-17-10-5-2-6-11-17/h1-6,8-11,18-19H,7,12-15H2. The van der Waals surface area contributed by atoms with E-state index in [0.717, 1.165) is 11.2 Å². The highest BCUT2D eigenvalue weighted by Gasteiger charge is 2.25. The predicted octanol–water partition coefficient (Wildman–Crippen LogP) is 4.98. The zero-order valence-corrected chi connectivity index (χ0v) is 12.7. The van der Waals surface area contributed by atoms with Gasteiger partial charge in [0.15, 0.2) is 0 Å². The van der Waals surface area contributed by atoms with Crippen molar-refractivity contribution in [3.05, 3.63) is 71.8 Å². The molecule has 0 N–H and O–H groups in total. The molecule has 0 aliphatic carbocycles. The van der Waals surface area contributed by atoms with Crippen molar-refractivity contribution in [3.8, 4) is 0 Å². The molecule has 1 saturated heterocycles. The Balaban J connectivity index is 1.73. The van der Waals surface area contributed by atoms with Gasteiger partial charge in [-0.1, -0.05) is 60.7 Å². The molecular formula is C19H22S. The molecule has 2 aromatic rings. The van der Waals surface area contributed by atoms with Crippen molar-refractivity contribution in [3.63, 3.8) is 0 Å². The monoisotopic (exact) mass is 282 g/mol. The first-order valence-corrected chi connectivity index (χ1v) is 8.66. The highest BCUT2D eigenvalue weighted by Crippen LogP contribution is 2.35. The largest absolute Gasteiger partial charge is 0.158 e. The van der Waals surface area contributed by atoms with Gasteiger partial charge in [-0.3, -0.25) is 0 Å². The predicted molar refractivity (Wildman–Crippen MR) is 89.3 cm³/mol. The second kappa shape index (κ2) is 6.99. The van der Waals surface area contributed by atoms with E-state index in [0.29, 0.717) is 0 Å². The van der Waals surface area contributed by atoms with E-state index in [9.17, 15) is 0 Å². The second-order valence-corrected chi connectivity index (χ2v) is 7.04. The lowest BCUT2D eigenvalue weighted by Crippen LogP contribution is -2.20. The first-order chi connectivity index (χ1) is 9.92. The Kier molecular flexibility index (Phi) is 4.81. The molecule has 0 amide bonds. The zero-order chi connectivity index (χ0) is 13.6. The Morgan fingerprint density at radius 1 is 0.850 bits per heavy atom. The minimum atomic E-state index is 0.771. The Morgan fingerprint density at radius 2 is 1.40 bits per heavy atom. The summed E-state index contributed by atoms with van der Waals surface area (Å²) in [6, 6.07) is 22.0. The molecule has 1 aliphatic rings. The second-order valence-electron chi connectivity index (χ2n) is 5.69. The highest BCUT2D eigenvalue weighted by molar-refractivity contribution is 8.00. The van der Waals surface area contributed by atoms with Crippen LogP contribution in [0.3, 0.4) is 0 Å². The van der Waals surface area contributed by atoms with E-state index in [2.05, 4.69) is 72.4 Å². The van der Waals surface area contributed by atoms with Crippen LogP contribution in [0.15, 0.2) is 60.7 Å². The van der Waals surface area contributed by atoms with Crippen molar-refractivity contribution in [2.75, 3.05) is 5.75 Å². The molecule has 104 valence electrons. The number of hydrogen-bond acceptors (Lipinski definition) is 1. The fourth-order valence-corrected chi connectivity index (χ4v) is 4.58. The quantitative estimate of drug-likeness (QED) is 0.745. The zero-order valence-electron chi connectivity index (χ0n) is 11.9. The van der Waals surface area contributed by atoms with E-state index in [1.54, 1.807) is 0 Å². The maximum atomic E-state index is 2.28. The normalized spacial score (nSPS) is 18.6. The third-order valence-electron chi connectivity index (χ3n) is 4.17. The lowest BCUT2D eigenvalue weighted by molar-refractivity contribution is 0.486. The maximum absolute atomic E-state index is 2.28. The lowest BCUT2D eigenvalue weighted by atomic mass is 9.88. The van der Waals surface area contributed by atoms with Crippen LogP contribution in [-0.2, 0) is 12.8 Å². The van der Waals surface area contributed by atoms with Crippen LogP contribution in [0.1, 0.15) is 24.0 Å². The van der Waals surface area contributed by atoms with Gasteiger partial charge in [-0.2, -0.15) is 11.8 Å². The molecule has 0 bridgehead atoms. The topological polar surface area (TPSA) is 0 Å². The van der Waals surface area contributed by atoms with Crippen molar-refractivity contribution < 1.29 is 0 Å². The van der Waals surface area contributed by atoms with Gasteiger partial charge < -0.3 is 0 Å². The average Bonchev–Trinajstić information content (AvgIpc) is 3.03. The first kappa shape index (κ1) is 13.8. The molecule has 1 unspecified atom stereocenters. The van der Waals surface area contributed by atoms with Gasteiger partial charge in [-0.05, 0) is 48.5 Å². The van der Waals surface area contributed by atoms with E-state index in [1.807, 2.05) is 0 Å². The molecular weight excluding hydrogens is 260 g/mol. The molecule has 0 radical (unpaired) electrons. The van der Waals surface area contributed by atoms with E-state index in [4.69, 9.17) is 0 Å². The van der Waals surface area contributed by atoms with Crippen molar-refractivity contribution in [2.24, 2.45) is 5.92 Å². The summed E-state index contributed by atoms with van der Waals surface area (Å²) in [5.74, 6) is 2.12. The summed E-state index contributed by atoms with van der Waals surface area (Å²) in [6.45, 7) is 0. The molecule has 0 saturated carbocycles. The molecule has 2 aromatic carbocycles. The smallest absolute Gasteiger partial charge is 0.00819 e. The number of hydrogen-bond donors (Lipinski definition) is 0. The van der Waals surface area contributed by atoms with Gasteiger partial charge in [-0.25, -0.2) is 0 Å². The summed E-state index contributed by atoms with van der Waals surface area (Å²) >= 11 is 2.19. The minimum Gasteiger partial charge on any atom is -0.158 e. The third kappa shape index (κ3) is 3.67. The van der Waals surface area contributed by atoms with E-state index in [1.165, 1.54) is 42.6 Å². The van der Waals surface area contributed by atoms with Crippen LogP contribution in [0, 0.1) is 5.92 Å². The van der Waals surface area contributed by atoms with Crippen molar-refractivity contribution in [2.45, 2.75) is 30.9 Å². The van der Waals surface area contributed by atoms with E-state index < -0.39 is 0 Å². The fraction of sp³-hybridized carbons (Fsp3) is 0.368. The van der Waals surface area contributed by atoms with Gasteiger partial charge in [0.05, 0.1) is 0 Å². The highest BCUT2D eigenvalue weighted by atomic mass is 32.2. The Morgan fingerprint density at radius 3 is 1.85 bits per heavy atom. The summed E-state index contributed by atoms with van der Waals surface area (Å²) < 4.78 is 0. The number of benzene rings is 2. The first-order valence-electron chi connectivity index (χ1n) is 7.61. The van der Waals surface area contributed by atoms with E-state index in [-0.39, 0.29) is 0 Å². The third-order valence-corrected chi connectivity index (χ3v) is 5.75. The summed E-state index contributed by atoms with van der Waals surface area (Å²) in [7, 11) is 0. The van der Waals surface area contributed by atoms with Crippen LogP contribution in [0.4, 0.5) is 0 Å². The van der Waals surface area contributed by atoms with Gasteiger partial charge in [0, 0.05) is 5.25 Å². The van der Waals surface area contributed by atoms with Crippen LogP contribution in [0.2, 0.25) is 0 Å². The van der Waals surface area contributed by atoms with Gasteiger partial charge in [-0.15, -0.1) is 0 Å². The average molecular weight is 282 g/mol. The minimum absolute atomic E-state index is 0.771. The van der Waals surface area contributed by atoms with Crippen LogP contribution < -0.4 is 0 Å². The molecule has 20 heavy (non-hydrogen) atoms. The Bertz CT molecular complexity index is 458. The summed E-state index contributed by atoms with van der Waals surface area (Å²) in [5, 5.41) is 0.843. The van der Waals surface area contributed by atoms with Gasteiger partial charge >= 0.3 is 0 Å². The van der Waals surface area contributed by atoms with Gasteiger partial charge in [0.25, 0.3) is 0 Å². The Hall–Kier alpha value is -1.21. The molecule has 3 rings (SSSR count). The molecule has 1 heteroatoms. The van der Waals surface area contributed by atoms with Crippen LogP contribution in [0.5, 0.6) is 0 Å². The Labute approximate surface area is 126 Å². The van der Waals surface area contributed by atoms with Gasteiger partial charge in [0.1, 0.15) is 0 Å². The summed E-state index contributed by atoms with van der Waals surface area (Å²) in [5.41, 5.74) is 2.97. The molecule has 0 nitrogen and oxygen atoms in total. The van der Waals surface area contributed by atoms with Crippen molar-refractivity contribution in [1.82, 2.24) is 0 Å². The van der Waals surface area contributed by atoms with Gasteiger partial charge in [0.2, 0.25) is 0 Å². The lowest BCUT2D eigenvalue weighted by Gasteiger charge is -2.23. The maximum Gasteiger partial charge on any atom is 0.00819 e. The molecule has 1 atom stereocenters. The van der Waals surface area contributed by atoms with Crippen LogP contribution in [-0.4, -0.2) is 11.0 Å². The molecule has 1 aliphatic heterocycles. The SMILES string of the molecule is c1ccc(CC(Cc2ccccc2)C2CCCS2)cc1. The molecule has 0 spiro atoms. The van der Waals surface area contributed by atoms with Crippen molar-refractivity contribution in [1.29, 1.82) is 0 Å². The van der Waals surface area contributed by atoms with Crippen LogP contribution >= 0.6 is 11.8 Å². The van der Waals surface area contributed by atoms with Crippen molar-refractivity contribution >= 4 is 11.8 Å². The molecule has 1 heterocycles.